The second-order valence-electron chi connectivity index (χ2n) is 7.52. The van der Waals surface area contributed by atoms with Crippen LogP contribution in [0.15, 0.2) is 48.0 Å². The first-order valence-corrected chi connectivity index (χ1v) is 9.78. The van der Waals surface area contributed by atoms with E-state index in [1.54, 1.807) is 4.90 Å². The molecule has 1 fully saturated rings. The van der Waals surface area contributed by atoms with Crippen molar-refractivity contribution in [3.05, 3.63) is 75.9 Å². The summed E-state index contributed by atoms with van der Waals surface area (Å²) in [6.45, 7) is 8.34. The van der Waals surface area contributed by atoms with E-state index in [4.69, 9.17) is 0 Å². The molecule has 0 bridgehead atoms. The third-order valence-electron chi connectivity index (χ3n) is 5.42. The number of carbonyl (C=O) groups excluding carboxylic acids is 2. The highest BCUT2D eigenvalue weighted by Gasteiger charge is 2.46. The molecule has 0 aromatic heterocycles. The van der Waals surface area contributed by atoms with Gasteiger partial charge in [-0.3, -0.25) is 9.59 Å². The number of hydrogen-bond donors (Lipinski definition) is 1. The summed E-state index contributed by atoms with van der Waals surface area (Å²) in [5.41, 5.74) is 4.51. The van der Waals surface area contributed by atoms with Crippen LogP contribution in [-0.4, -0.2) is 28.2 Å². The summed E-state index contributed by atoms with van der Waals surface area (Å²) in [5, 5.41) is 11.2. The second kappa shape index (κ2) is 8.01. The highest BCUT2D eigenvalue weighted by atomic mass is 16.3. The van der Waals surface area contributed by atoms with Gasteiger partial charge in [0.15, 0.2) is 0 Å². The zero-order chi connectivity index (χ0) is 20.4. The molecule has 1 aliphatic rings. The van der Waals surface area contributed by atoms with Crippen LogP contribution in [0.3, 0.4) is 0 Å². The first-order valence-electron chi connectivity index (χ1n) is 9.78. The number of aryl methyl sites for hydroxylation is 3. The number of rotatable bonds is 5. The molecule has 4 nitrogen and oxygen atoms in total. The minimum atomic E-state index is -0.609. The highest BCUT2D eigenvalue weighted by molar-refractivity contribution is 6.46. The number of ketones is 1. The lowest BCUT2D eigenvalue weighted by molar-refractivity contribution is -0.139. The maximum absolute atomic E-state index is 13.0. The summed E-state index contributed by atoms with van der Waals surface area (Å²) in [6.07, 6.45) is 1.72. The van der Waals surface area contributed by atoms with Crippen molar-refractivity contribution in [3.63, 3.8) is 0 Å². The molecule has 4 heteroatoms. The lowest BCUT2D eigenvalue weighted by atomic mass is 9.91. The number of aliphatic hydroxyl groups excluding tert-OH is 1. The lowest BCUT2D eigenvalue weighted by Gasteiger charge is -2.26. The van der Waals surface area contributed by atoms with E-state index in [9.17, 15) is 14.7 Å². The Morgan fingerprint density at radius 1 is 1.04 bits per heavy atom. The first-order chi connectivity index (χ1) is 13.4. The molecule has 1 heterocycles. The number of carbonyl (C=O) groups is 2. The van der Waals surface area contributed by atoms with E-state index >= 15 is 0 Å². The molecule has 146 valence electrons. The average Bonchev–Trinajstić information content (AvgIpc) is 2.92. The van der Waals surface area contributed by atoms with E-state index in [1.165, 1.54) is 0 Å². The van der Waals surface area contributed by atoms with Gasteiger partial charge in [-0.1, -0.05) is 55.3 Å². The van der Waals surface area contributed by atoms with E-state index in [-0.39, 0.29) is 11.3 Å². The minimum absolute atomic E-state index is 0.0909. The van der Waals surface area contributed by atoms with Crippen LogP contribution in [0.1, 0.15) is 53.6 Å². The van der Waals surface area contributed by atoms with Crippen LogP contribution in [0.2, 0.25) is 0 Å². The quantitative estimate of drug-likeness (QED) is 0.461. The molecular weight excluding hydrogens is 350 g/mol. The highest BCUT2D eigenvalue weighted by Crippen LogP contribution is 2.41. The molecule has 2 aromatic carbocycles. The van der Waals surface area contributed by atoms with Crippen LogP contribution >= 0.6 is 0 Å². The van der Waals surface area contributed by atoms with E-state index in [0.29, 0.717) is 12.1 Å². The molecular formula is C24H27NO3. The van der Waals surface area contributed by atoms with Crippen molar-refractivity contribution in [2.24, 2.45) is 0 Å². The Hall–Kier alpha value is -2.88. The van der Waals surface area contributed by atoms with Gasteiger partial charge in [0.25, 0.3) is 11.7 Å². The summed E-state index contributed by atoms with van der Waals surface area (Å²) in [7, 11) is 0. The number of likely N-dealkylation sites (tertiary alicyclic amines) is 1. The summed E-state index contributed by atoms with van der Waals surface area (Å²) < 4.78 is 0. The molecule has 1 N–H and O–H groups in total. The molecule has 1 amide bonds. The van der Waals surface area contributed by atoms with Crippen LogP contribution in [0.5, 0.6) is 0 Å². The Kier molecular flexibility index (Phi) is 5.68. The number of amides is 1. The summed E-state index contributed by atoms with van der Waals surface area (Å²) in [5.74, 6) is -1.23. The molecule has 28 heavy (non-hydrogen) atoms. The van der Waals surface area contributed by atoms with Gasteiger partial charge in [0.1, 0.15) is 5.76 Å². The van der Waals surface area contributed by atoms with Gasteiger partial charge in [0.2, 0.25) is 0 Å². The molecule has 1 unspecified atom stereocenters. The summed E-state index contributed by atoms with van der Waals surface area (Å²) in [6, 6.07) is 12.9. The third kappa shape index (κ3) is 3.47. The van der Waals surface area contributed by atoms with Gasteiger partial charge in [-0.15, -0.1) is 0 Å². The maximum atomic E-state index is 13.0. The first kappa shape index (κ1) is 19.9. The standard InChI is InChI=1S/C24H27NO3/c1-5-6-13-25-21(18-10-8-7-9-16(18)3)20(23(27)24(25)28)22(26)19-14-15(2)11-12-17(19)4/h7-12,14,21,26H,5-6,13H2,1-4H3/b22-20+. The van der Waals surface area contributed by atoms with E-state index < -0.39 is 17.7 Å². The van der Waals surface area contributed by atoms with Crippen LogP contribution in [0.4, 0.5) is 0 Å². The Balaban J connectivity index is 2.24. The molecule has 1 atom stereocenters. The second-order valence-corrected chi connectivity index (χ2v) is 7.52. The Morgan fingerprint density at radius 2 is 1.75 bits per heavy atom. The van der Waals surface area contributed by atoms with Gasteiger partial charge < -0.3 is 10.0 Å². The summed E-state index contributed by atoms with van der Waals surface area (Å²) in [4.78, 5) is 27.4. The minimum Gasteiger partial charge on any atom is -0.507 e. The van der Waals surface area contributed by atoms with Crippen LogP contribution in [-0.2, 0) is 9.59 Å². The van der Waals surface area contributed by atoms with Gasteiger partial charge in [0.05, 0.1) is 11.6 Å². The van der Waals surface area contributed by atoms with Crippen LogP contribution in [0, 0.1) is 20.8 Å². The van der Waals surface area contributed by atoms with Gasteiger partial charge in [-0.2, -0.15) is 0 Å². The molecule has 0 saturated carbocycles. The summed E-state index contributed by atoms with van der Waals surface area (Å²) >= 11 is 0. The number of aliphatic hydroxyl groups is 1. The van der Waals surface area contributed by atoms with Crippen molar-refractivity contribution >= 4 is 17.4 Å². The molecule has 0 radical (unpaired) electrons. The van der Waals surface area contributed by atoms with Crippen molar-refractivity contribution in [2.75, 3.05) is 6.54 Å². The number of unbranched alkanes of at least 4 members (excludes halogenated alkanes) is 1. The third-order valence-corrected chi connectivity index (χ3v) is 5.42. The fourth-order valence-electron chi connectivity index (χ4n) is 3.79. The Bertz CT molecular complexity index is 958. The van der Waals surface area contributed by atoms with Crippen molar-refractivity contribution in [3.8, 4) is 0 Å². The smallest absolute Gasteiger partial charge is 0.295 e. The zero-order valence-electron chi connectivity index (χ0n) is 17.0. The van der Waals surface area contributed by atoms with Crippen molar-refractivity contribution in [1.29, 1.82) is 0 Å². The number of Topliss-reactive ketones (excluding diaryl/α,β-unsaturated/α-hetero) is 1. The lowest BCUT2D eigenvalue weighted by Crippen LogP contribution is -2.30. The van der Waals surface area contributed by atoms with Crippen molar-refractivity contribution < 1.29 is 14.7 Å². The molecule has 1 aliphatic heterocycles. The fourth-order valence-corrected chi connectivity index (χ4v) is 3.79. The maximum Gasteiger partial charge on any atom is 0.295 e. The Labute approximate surface area is 166 Å². The van der Waals surface area contributed by atoms with Crippen molar-refractivity contribution in [2.45, 2.75) is 46.6 Å². The van der Waals surface area contributed by atoms with Crippen LogP contribution < -0.4 is 0 Å². The molecule has 0 aliphatic carbocycles. The zero-order valence-corrected chi connectivity index (χ0v) is 17.0. The SMILES string of the molecule is CCCCN1C(=O)C(=O)/C(=C(/O)c2cc(C)ccc2C)C1c1ccccc1C. The topological polar surface area (TPSA) is 57.6 Å². The molecule has 2 aromatic rings. The largest absolute Gasteiger partial charge is 0.507 e. The molecule has 3 rings (SSSR count). The average molecular weight is 377 g/mol. The van der Waals surface area contributed by atoms with Crippen molar-refractivity contribution in [1.82, 2.24) is 4.90 Å². The van der Waals surface area contributed by atoms with Gasteiger partial charge >= 0.3 is 0 Å². The van der Waals surface area contributed by atoms with E-state index in [1.807, 2.05) is 63.2 Å². The van der Waals surface area contributed by atoms with Gasteiger partial charge in [-0.05, 0) is 49.9 Å². The van der Waals surface area contributed by atoms with Crippen LogP contribution in [0.25, 0.3) is 5.76 Å². The van der Waals surface area contributed by atoms with E-state index in [2.05, 4.69) is 6.92 Å². The monoisotopic (exact) mass is 377 g/mol. The number of nitrogens with zero attached hydrogens (tertiary/aromatic N) is 1. The predicted octanol–water partition coefficient (Wildman–Crippen LogP) is 4.83. The van der Waals surface area contributed by atoms with Gasteiger partial charge in [-0.25, -0.2) is 0 Å². The Morgan fingerprint density at radius 3 is 2.43 bits per heavy atom. The van der Waals surface area contributed by atoms with Gasteiger partial charge in [0, 0.05) is 12.1 Å². The number of hydrogen-bond acceptors (Lipinski definition) is 3. The number of benzene rings is 2. The predicted molar refractivity (Wildman–Crippen MR) is 111 cm³/mol. The molecule has 1 saturated heterocycles. The molecule has 0 spiro atoms. The van der Waals surface area contributed by atoms with E-state index in [0.717, 1.165) is 35.1 Å². The fraction of sp³-hybridized carbons (Fsp3) is 0.333. The normalized spacial score (nSPS) is 18.7.